The van der Waals surface area contributed by atoms with E-state index in [0.29, 0.717) is 23.7 Å². The number of carbonyl (C=O) groups is 1. The second kappa shape index (κ2) is 6.21. The molecule has 1 aliphatic heterocycles. The van der Waals surface area contributed by atoms with Crippen molar-refractivity contribution in [2.45, 2.75) is 51.7 Å². The maximum atomic E-state index is 11.9. The van der Waals surface area contributed by atoms with Gasteiger partial charge in [-0.1, -0.05) is 6.92 Å². The highest BCUT2D eigenvalue weighted by atomic mass is 16.5. The highest BCUT2D eigenvalue weighted by molar-refractivity contribution is 5.87. The molecular weight excluding hydrogens is 292 g/mol. The molecule has 0 bridgehead atoms. The zero-order valence-electron chi connectivity index (χ0n) is 14.3. The number of likely N-dealkylation sites (tertiary alicyclic amines) is 1. The highest BCUT2D eigenvalue weighted by Crippen LogP contribution is 2.37. The van der Waals surface area contributed by atoms with Crippen LogP contribution >= 0.6 is 0 Å². The maximum absolute atomic E-state index is 11.9. The summed E-state index contributed by atoms with van der Waals surface area (Å²) in [4.78, 5) is 18.8. The Morgan fingerprint density at radius 1 is 1.57 bits per heavy atom. The van der Waals surface area contributed by atoms with Crippen LogP contribution in [0.25, 0.3) is 0 Å². The molecule has 0 saturated carbocycles. The number of ether oxygens (including phenoxy) is 1. The smallest absolute Gasteiger partial charge is 0.356 e. The average molecular weight is 318 g/mol. The molecule has 0 amide bonds. The molecule has 23 heavy (non-hydrogen) atoms. The van der Waals surface area contributed by atoms with Crippen molar-refractivity contribution in [1.82, 2.24) is 9.88 Å². The fourth-order valence-corrected chi connectivity index (χ4v) is 3.86. The number of fused-ring (bicyclic) bond motifs is 1. The van der Waals surface area contributed by atoms with Crippen LogP contribution in [0.4, 0.5) is 0 Å². The van der Waals surface area contributed by atoms with Crippen LogP contribution in [0, 0.1) is 5.92 Å². The number of rotatable bonds is 3. The third kappa shape index (κ3) is 3.26. The van der Waals surface area contributed by atoms with Crippen molar-refractivity contribution >= 4 is 5.97 Å². The van der Waals surface area contributed by atoms with E-state index in [0.717, 1.165) is 37.2 Å². The Labute approximate surface area is 137 Å². The van der Waals surface area contributed by atoms with Crippen LogP contribution in [0.2, 0.25) is 0 Å². The molecule has 2 heterocycles. The number of aliphatic hydroxyl groups is 1. The lowest BCUT2D eigenvalue weighted by molar-refractivity contribution is 0.0533. The standard InChI is InChI=1S/C18H26N2O3/c1-12-5-4-8-20(10-12)11-13-9-15(17(21)23-3)19-16-14(13)6-7-18(16,2)22/h9,12,22H,4-8,10-11H2,1-3H3/t12-,18?/m0/s1. The largest absolute Gasteiger partial charge is 0.464 e. The number of carbonyl (C=O) groups excluding carboxylic acids is 1. The number of nitrogens with zero attached hydrogens (tertiary/aromatic N) is 2. The summed E-state index contributed by atoms with van der Waals surface area (Å²) in [6, 6.07) is 1.85. The van der Waals surface area contributed by atoms with Gasteiger partial charge in [0.05, 0.1) is 12.8 Å². The minimum Gasteiger partial charge on any atom is -0.464 e. The second-order valence-corrected chi connectivity index (χ2v) is 7.24. The first kappa shape index (κ1) is 16.4. The van der Waals surface area contributed by atoms with E-state index in [1.165, 1.54) is 20.0 Å². The van der Waals surface area contributed by atoms with Gasteiger partial charge in [0, 0.05) is 13.1 Å². The van der Waals surface area contributed by atoms with Crippen molar-refractivity contribution in [3.8, 4) is 0 Å². The molecule has 1 aromatic rings. The molecule has 0 radical (unpaired) electrons. The van der Waals surface area contributed by atoms with Gasteiger partial charge in [0.1, 0.15) is 11.3 Å². The van der Waals surface area contributed by atoms with Gasteiger partial charge >= 0.3 is 5.97 Å². The first-order chi connectivity index (χ1) is 10.9. The van der Waals surface area contributed by atoms with Gasteiger partial charge in [-0.15, -0.1) is 0 Å². The normalized spacial score (nSPS) is 27.7. The summed E-state index contributed by atoms with van der Waals surface area (Å²) < 4.78 is 4.83. The summed E-state index contributed by atoms with van der Waals surface area (Å²) in [5, 5.41) is 10.6. The van der Waals surface area contributed by atoms with E-state index in [2.05, 4.69) is 16.8 Å². The molecule has 1 aliphatic carbocycles. The molecule has 1 saturated heterocycles. The van der Waals surface area contributed by atoms with Gasteiger partial charge in [-0.3, -0.25) is 4.90 Å². The van der Waals surface area contributed by atoms with Crippen LogP contribution in [-0.2, 0) is 23.3 Å². The van der Waals surface area contributed by atoms with Crippen molar-refractivity contribution < 1.29 is 14.6 Å². The fourth-order valence-electron chi connectivity index (χ4n) is 3.86. The molecule has 1 unspecified atom stereocenters. The Morgan fingerprint density at radius 2 is 2.35 bits per heavy atom. The molecule has 2 atom stereocenters. The fraction of sp³-hybridized carbons (Fsp3) is 0.667. The van der Waals surface area contributed by atoms with Crippen molar-refractivity contribution in [3.63, 3.8) is 0 Å². The Balaban J connectivity index is 1.95. The summed E-state index contributed by atoms with van der Waals surface area (Å²) in [5.41, 5.74) is 2.22. The lowest BCUT2D eigenvalue weighted by Crippen LogP contribution is -2.34. The lowest BCUT2D eigenvalue weighted by atomic mass is 9.98. The number of hydrogen-bond acceptors (Lipinski definition) is 5. The summed E-state index contributed by atoms with van der Waals surface area (Å²) in [6.45, 7) is 7.05. The molecule has 1 aromatic heterocycles. The van der Waals surface area contributed by atoms with E-state index >= 15 is 0 Å². The van der Waals surface area contributed by atoms with Crippen LogP contribution in [-0.4, -0.2) is 41.2 Å². The monoisotopic (exact) mass is 318 g/mol. The third-order valence-electron chi connectivity index (χ3n) is 5.12. The zero-order chi connectivity index (χ0) is 16.6. The number of aromatic nitrogens is 1. The predicted octanol–water partition coefficient (Wildman–Crippen LogP) is 2.25. The molecule has 126 valence electrons. The summed E-state index contributed by atoms with van der Waals surface area (Å²) in [7, 11) is 1.36. The number of hydrogen-bond donors (Lipinski definition) is 1. The van der Waals surface area contributed by atoms with Gasteiger partial charge in [0.15, 0.2) is 0 Å². The number of esters is 1. The molecule has 0 spiro atoms. The molecule has 2 aliphatic rings. The van der Waals surface area contributed by atoms with E-state index in [1.54, 1.807) is 6.92 Å². The SMILES string of the molecule is COC(=O)c1cc(CN2CCC[C@H](C)C2)c2c(n1)C(C)(O)CC2. The predicted molar refractivity (Wildman–Crippen MR) is 87.1 cm³/mol. The summed E-state index contributed by atoms with van der Waals surface area (Å²) in [6.07, 6.45) is 3.97. The van der Waals surface area contributed by atoms with Gasteiger partial charge in [-0.2, -0.15) is 0 Å². The van der Waals surface area contributed by atoms with Crippen molar-refractivity contribution in [1.29, 1.82) is 0 Å². The molecule has 0 aromatic carbocycles. The Hall–Kier alpha value is -1.46. The van der Waals surface area contributed by atoms with Gasteiger partial charge in [-0.25, -0.2) is 9.78 Å². The average Bonchev–Trinajstić information content (AvgIpc) is 2.82. The molecule has 3 rings (SSSR count). The highest BCUT2D eigenvalue weighted by Gasteiger charge is 2.36. The van der Waals surface area contributed by atoms with Crippen LogP contribution in [0.15, 0.2) is 6.07 Å². The Bertz CT molecular complexity index is 613. The van der Waals surface area contributed by atoms with E-state index < -0.39 is 11.6 Å². The van der Waals surface area contributed by atoms with E-state index in [4.69, 9.17) is 4.74 Å². The molecule has 5 nitrogen and oxygen atoms in total. The number of methoxy groups -OCH3 is 1. The topological polar surface area (TPSA) is 62.7 Å². The van der Waals surface area contributed by atoms with Crippen molar-refractivity contribution in [3.05, 3.63) is 28.6 Å². The number of piperidine rings is 1. The second-order valence-electron chi connectivity index (χ2n) is 7.24. The first-order valence-corrected chi connectivity index (χ1v) is 8.47. The maximum Gasteiger partial charge on any atom is 0.356 e. The number of pyridine rings is 1. The lowest BCUT2D eigenvalue weighted by Gasteiger charge is -2.31. The molecule has 1 fully saturated rings. The van der Waals surface area contributed by atoms with E-state index in [1.807, 2.05) is 6.07 Å². The van der Waals surface area contributed by atoms with Crippen molar-refractivity contribution in [2.24, 2.45) is 5.92 Å². The van der Waals surface area contributed by atoms with Crippen LogP contribution < -0.4 is 0 Å². The van der Waals surface area contributed by atoms with Gasteiger partial charge in [0.25, 0.3) is 0 Å². The van der Waals surface area contributed by atoms with Crippen LogP contribution in [0.5, 0.6) is 0 Å². The van der Waals surface area contributed by atoms with Crippen molar-refractivity contribution in [2.75, 3.05) is 20.2 Å². The molecular formula is C18H26N2O3. The minimum atomic E-state index is -0.955. The Morgan fingerprint density at radius 3 is 3.04 bits per heavy atom. The summed E-state index contributed by atoms with van der Waals surface area (Å²) >= 11 is 0. The van der Waals surface area contributed by atoms with Gasteiger partial charge in [0.2, 0.25) is 0 Å². The van der Waals surface area contributed by atoms with E-state index in [9.17, 15) is 9.90 Å². The van der Waals surface area contributed by atoms with E-state index in [-0.39, 0.29) is 0 Å². The molecule has 1 N–H and O–H groups in total. The Kier molecular flexibility index (Phi) is 4.43. The first-order valence-electron chi connectivity index (χ1n) is 8.47. The summed E-state index contributed by atoms with van der Waals surface area (Å²) in [5.74, 6) is 0.269. The van der Waals surface area contributed by atoms with Gasteiger partial charge < -0.3 is 9.84 Å². The minimum absolute atomic E-state index is 0.300. The molecule has 5 heteroatoms. The quantitative estimate of drug-likeness (QED) is 0.866. The third-order valence-corrected chi connectivity index (χ3v) is 5.12. The van der Waals surface area contributed by atoms with Gasteiger partial charge in [-0.05, 0) is 62.3 Å². The zero-order valence-corrected chi connectivity index (χ0v) is 14.3. The van der Waals surface area contributed by atoms with Crippen LogP contribution in [0.3, 0.4) is 0 Å². The van der Waals surface area contributed by atoms with Crippen LogP contribution in [0.1, 0.15) is 60.4 Å².